The standard InChI is InChI=1S/C14H29NO/c1-11(2)7-9-15(5)13-10-12(16)6-8-14(13,3)4/h11-13,16H,6-10H2,1-5H3. The van der Waals surface area contributed by atoms with E-state index in [9.17, 15) is 5.11 Å². The van der Waals surface area contributed by atoms with Crippen LogP contribution in [0.25, 0.3) is 0 Å². The van der Waals surface area contributed by atoms with Crippen molar-refractivity contribution in [3.8, 4) is 0 Å². The van der Waals surface area contributed by atoms with Gasteiger partial charge < -0.3 is 10.0 Å². The number of nitrogens with zero attached hydrogens (tertiary/aromatic N) is 1. The van der Waals surface area contributed by atoms with E-state index in [2.05, 4.69) is 39.6 Å². The summed E-state index contributed by atoms with van der Waals surface area (Å²) >= 11 is 0. The van der Waals surface area contributed by atoms with Crippen LogP contribution in [-0.2, 0) is 0 Å². The van der Waals surface area contributed by atoms with Gasteiger partial charge in [-0.25, -0.2) is 0 Å². The number of aliphatic hydroxyl groups excluding tert-OH is 1. The molecule has 1 aliphatic carbocycles. The fourth-order valence-electron chi connectivity index (χ4n) is 2.79. The van der Waals surface area contributed by atoms with Crippen molar-refractivity contribution in [1.82, 2.24) is 4.90 Å². The molecule has 2 nitrogen and oxygen atoms in total. The van der Waals surface area contributed by atoms with E-state index >= 15 is 0 Å². The fourth-order valence-corrected chi connectivity index (χ4v) is 2.79. The van der Waals surface area contributed by atoms with Crippen molar-refractivity contribution in [2.75, 3.05) is 13.6 Å². The Hall–Kier alpha value is -0.0800. The van der Waals surface area contributed by atoms with Gasteiger partial charge in [-0.2, -0.15) is 0 Å². The predicted octanol–water partition coefficient (Wildman–Crippen LogP) is 2.90. The molecule has 1 aliphatic rings. The molecular weight excluding hydrogens is 198 g/mol. The van der Waals surface area contributed by atoms with Crippen LogP contribution >= 0.6 is 0 Å². The molecule has 1 rings (SSSR count). The minimum Gasteiger partial charge on any atom is -0.393 e. The molecule has 16 heavy (non-hydrogen) atoms. The molecular formula is C14H29NO. The lowest BCUT2D eigenvalue weighted by Gasteiger charge is -2.45. The fraction of sp³-hybridized carbons (Fsp3) is 1.00. The first-order valence-corrected chi connectivity index (χ1v) is 6.71. The van der Waals surface area contributed by atoms with E-state index in [0.717, 1.165) is 31.7 Å². The molecule has 0 aromatic rings. The first-order chi connectivity index (χ1) is 7.33. The highest BCUT2D eigenvalue weighted by atomic mass is 16.3. The molecule has 0 aromatic heterocycles. The summed E-state index contributed by atoms with van der Waals surface area (Å²) in [6.45, 7) is 10.4. The van der Waals surface area contributed by atoms with Gasteiger partial charge in [0.2, 0.25) is 0 Å². The molecule has 2 heteroatoms. The summed E-state index contributed by atoms with van der Waals surface area (Å²) in [5, 5.41) is 9.81. The van der Waals surface area contributed by atoms with Crippen molar-refractivity contribution in [2.24, 2.45) is 11.3 Å². The maximum atomic E-state index is 9.81. The smallest absolute Gasteiger partial charge is 0.0555 e. The van der Waals surface area contributed by atoms with Crippen LogP contribution in [0.3, 0.4) is 0 Å². The van der Waals surface area contributed by atoms with Gasteiger partial charge in [0.1, 0.15) is 0 Å². The molecule has 0 radical (unpaired) electrons. The van der Waals surface area contributed by atoms with E-state index in [1.165, 1.54) is 6.42 Å². The zero-order valence-corrected chi connectivity index (χ0v) is 11.7. The van der Waals surface area contributed by atoms with Crippen molar-refractivity contribution in [2.45, 2.75) is 65.5 Å². The van der Waals surface area contributed by atoms with Gasteiger partial charge in [-0.15, -0.1) is 0 Å². The lowest BCUT2D eigenvalue weighted by atomic mass is 9.71. The summed E-state index contributed by atoms with van der Waals surface area (Å²) in [5.74, 6) is 0.763. The maximum absolute atomic E-state index is 9.81. The van der Waals surface area contributed by atoms with E-state index in [-0.39, 0.29) is 6.10 Å². The Kier molecular flexibility index (Phi) is 4.81. The summed E-state index contributed by atoms with van der Waals surface area (Å²) in [5.41, 5.74) is 0.352. The van der Waals surface area contributed by atoms with Crippen LogP contribution in [0.15, 0.2) is 0 Å². The average Bonchev–Trinajstić information content (AvgIpc) is 2.18. The Labute approximate surface area is 101 Å². The first kappa shape index (κ1) is 14.0. The van der Waals surface area contributed by atoms with Gasteiger partial charge >= 0.3 is 0 Å². The van der Waals surface area contributed by atoms with Crippen molar-refractivity contribution in [3.63, 3.8) is 0 Å². The Bertz CT molecular complexity index is 213. The molecule has 1 saturated carbocycles. The van der Waals surface area contributed by atoms with E-state index in [0.29, 0.717) is 11.5 Å². The number of hydrogen-bond acceptors (Lipinski definition) is 2. The van der Waals surface area contributed by atoms with E-state index in [1.807, 2.05) is 0 Å². The summed E-state index contributed by atoms with van der Waals surface area (Å²) < 4.78 is 0. The third-order valence-electron chi connectivity index (χ3n) is 4.11. The molecule has 0 bridgehead atoms. The van der Waals surface area contributed by atoms with Crippen LogP contribution in [-0.4, -0.2) is 35.7 Å². The molecule has 0 aromatic carbocycles. The Balaban J connectivity index is 2.53. The third kappa shape index (κ3) is 3.74. The maximum Gasteiger partial charge on any atom is 0.0555 e. The van der Waals surface area contributed by atoms with Crippen molar-refractivity contribution in [1.29, 1.82) is 0 Å². The summed E-state index contributed by atoms with van der Waals surface area (Å²) in [7, 11) is 2.22. The number of hydrogen-bond donors (Lipinski definition) is 1. The Morgan fingerprint density at radius 2 is 2.00 bits per heavy atom. The van der Waals surface area contributed by atoms with Gasteiger partial charge in [0.25, 0.3) is 0 Å². The normalized spacial score (nSPS) is 30.0. The van der Waals surface area contributed by atoms with Gasteiger partial charge in [-0.1, -0.05) is 27.7 Å². The predicted molar refractivity (Wildman–Crippen MR) is 69.5 cm³/mol. The van der Waals surface area contributed by atoms with Gasteiger partial charge in [0.05, 0.1) is 6.10 Å². The number of aliphatic hydroxyl groups is 1. The van der Waals surface area contributed by atoms with Crippen LogP contribution in [0, 0.1) is 11.3 Å². The minimum atomic E-state index is -0.0838. The van der Waals surface area contributed by atoms with E-state index in [1.54, 1.807) is 0 Å². The summed E-state index contributed by atoms with van der Waals surface area (Å²) in [6.07, 6.45) is 4.23. The molecule has 0 amide bonds. The first-order valence-electron chi connectivity index (χ1n) is 6.71. The van der Waals surface area contributed by atoms with Gasteiger partial charge in [0.15, 0.2) is 0 Å². The van der Waals surface area contributed by atoms with Crippen LogP contribution in [0.1, 0.15) is 53.4 Å². The molecule has 0 aliphatic heterocycles. The highest BCUT2D eigenvalue weighted by molar-refractivity contribution is 4.91. The molecule has 0 spiro atoms. The van der Waals surface area contributed by atoms with Gasteiger partial charge in [-0.3, -0.25) is 0 Å². The molecule has 2 unspecified atom stereocenters. The zero-order chi connectivity index (χ0) is 12.3. The second-order valence-electron chi connectivity index (χ2n) is 6.60. The van der Waals surface area contributed by atoms with E-state index < -0.39 is 0 Å². The number of rotatable bonds is 4. The third-order valence-corrected chi connectivity index (χ3v) is 4.11. The highest BCUT2D eigenvalue weighted by Gasteiger charge is 2.37. The van der Waals surface area contributed by atoms with E-state index in [4.69, 9.17) is 0 Å². The molecule has 96 valence electrons. The molecule has 0 heterocycles. The highest BCUT2D eigenvalue weighted by Crippen LogP contribution is 2.38. The van der Waals surface area contributed by atoms with Crippen molar-refractivity contribution >= 4 is 0 Å². The molecule has 2 atom stereocenters. The van der Waals surface area contributed by atoms with Gasteiger partial charge in [0, 0.05) is 6.04 Å². The van der Waals surface area contributed by atoms with Crippen molar-refractivity contribution < 1.29 is 5.11 Å². The second kappa shape index (κ2) is 5.50. The molecule has 0 saturated heterocycles. The Morgan fingerprint density at radius 3 is 2.56 bits per heavy atom. The van der Waals surface area contributed by atoms with Crippen molar-refractivity contribution in [3.05, 3.63) is 0 Å². The summed E-state index contributed by atoms with van der Waals surface area (Å²) in [6, 6.07) is 0.537. The lowest BCUT2D eigenvalue weighted by molar-refractivity contribution is -0.00238. The van der Waals surface area contributed by atoms with Crippen LogP contribution in [0.2, 0.25) is 0 Å². The molecule has 1 N–H and O–H groups in total. The summed E-state index contributed by atoms with van der Waals surface area (Å²) in [4.78, 5) is 2.46. The average molecular weight is 227 g/mol. The minimum absolute atomic E-state index is 0.0838. The van der Waals surface area contributed by atoms with Crippen LogP contribution < -0.4 is 0 Å². The zero-order valence-electron chi connectivity index (χ0n) is 11.7. The van der Waals surface area contributed by atoms with Crippen LogP contribution in [0.4, 0.5) is 0 Å². The largest absolute Gasteiger partial charge is 0.393 e. The second-order valence-corrected chi connectivity index (χ2v) is 6.60. The van der Waals surface area contributed by atoms with Crippen LogP contribution in [0.5, 0.6) is 0 Å². The monoisotopic (exact) mass is 227 g/mol. The molecule has 1 fully saturated rings. The SMILES string of the molecule is CC(C)CCN(C)C1CC(O)CCC1(C)C. The topological polar surface area (TPSA) is 23.5 Å². The quantitative estimate of drug-likeness (QED) is 0.798. The lowest BCUT2D eigenvalue weighted by Crippen LogP contribution is -2.48. The van der Waals surface area contributed by atoms with Gasteiger partial charge in [-0.05, 0) is 50.6 Å². The Morgan fingerprint density at radius 1 is 1.38 bits per heavy atom.